The van der Waals surface area contributed by atoms with Crippen LogP contribution in [0.15, 0.2) is 53.6 Å². The molecule has 4 heteroatoms. The maximum atomic E-state index is 12.0. The zero-order chi connectivity index (χ0) is 14.5. The minimum atomic E-state index is -0.225. The number of rotatable bonds is 3. The van der Waals surface area contributed by atoms with Crippen molar-refractivity contribution in [2.45, 2.75) is 13.8 Å². The van der Waals surface area contributed by atoms with E-state index in [1.54, 1.807) is 6.07 Å². The number of hydrogen-bond acceptors (Lipinski definition) is 3. The first-order valence-corrected chi connectivity index (χ1v) is 6.33. The Morgan fingerprint density at radius 1 is 1.10 bits per heavy atom. The molecule has 2 aromatic rings. The number of hydrogen-bond donors (Lipinski definition) is 2. The predicted molar refractivity (Wildman–Crippen MR) is 81.7 cm³/mol. The molecule has 0 aliphatic carbocycles. The van der Waals surface area contributed by atoms with E-state index in [0.717, 1.165) is 11.1 Å². The number of nitrogens with one attached hydrogen (secondary N) is 1. The summed E-state index contributed by atoms with van der Waals surface area (Å²) in [5.41, 5.74) is 12.2. The van der Waals surface area contributed by atoms with Crippen LogP contribution in [0.1, 0.15) is 28.4 Å². The second-order valence-electron chi connectivity index (χ2n) is 4.63. The van der Waals surface area contributed by atoms with Crippen LogP contribution in [-0.4, -0.2) is 11.6 Å². The summed E-state index contributed by atoms with van der Waals surface area (Å²) in [6.45, 7) is 3.77. The molecule has 0 spiro atoms. The molecule has 0 bridgehead atoms. The number of amides is 1. The maximum Gasteiger partial charge on any atom is 0.271 e. The molecule has 0 saturated heterocycles. The van der Waals surface area contributed by atoms with Gasteiger partial charge in [-0.2, -0.15) is 5.10 Å². The fraction of sp³-hybridized carbons (Fsp3) is 0.125. The van der Waals surface area contributed by atoms with Gasteiger partial charge in [-0.05, 0) is 43.7 Å². The fourth-order valence-electron chi connectivity index (χ4n) is 1.81. The summed E-state index contributed by atoms with van der Waals surface area (Å²) in [6, 6.07) is 14.7. The van der Waals surface area contributed by atoms with Gasteiger partial charge in [0.25, 0.3) is 5.91 Å². The molecular formula is C16H17N3O. The average Bonchev–Trinajstić information content (AvgIpc) is 2.44. The largest absolute Gasteiger partial charge is 0.399 e. The third kappa shape index (κ3) is 3.45. The monoisotopic (exact) mass is 267 g/mol. The van der Waals surface area contributed by atoms with E-state index in [1.807, 2.05) is 56.3 Å². The summed E-state index contributed by atoms with van der Waals surface area (Å²) < 4.78 is 0. The normalized spacial score (nSPS) is 11.2. The number of nitrogens with zero attached hydrogens (tertiary/aromatic N) is 1. The Morgan fingerprint density at radius 2 is 1.80 bits per heavy atom. The Morgan fingerprint density at radius 3 is 2.50 bits per heavy atom. The molecule has 0 heterocycles. The first-order chi connectivity index (χ1) is 9.56. The van der Waals surface area contributed by atoms with Gasteiger partial charge in [-0.1, -0.05) is 29.8 Å². The zero-order valence-electron chi connectivity index (χ0n) is 11.6. The summed E-state index contributed by atoms with van der Waals surface area (Å²) in [6.07, 6.45) is 0. The topological polar surface area (TPSA) is 67.5 Å². The second kappa shape index (κ2) is 6.02. The summed E-state index contributed by atoms with van der Waals surface area (Å²) in [7, 11) is 0. The van der Waals surface area contributed by atoms with Gasteiger partial charge >= 0.3 is 0 Å². The summed E-state index contributed by atoms with van der Waals surface area (Å²) in [5.74, 6) is -0.225. The average molecular weight is 267 g/mol. The standard InChI is InChI=1S/C16H17N3O/c1-11-5-3-7-14(9-11)16(20)19-18-12(2)13-6-4-8-15(17)10-13/h3-10H,17H2,1-2H3,(H,19,20)/b18-12-. The molecule has 0 atom stereocenters. The molecule has 102 valence electrons. The van der Waals surface area contributed by atoms with Crippen LogP contribution in [0.5, 0.6) is 0 Å². The number of carbonyl (C=O) groups excluding carboxylic acids is 1. The Bertz CT molecular complexity index is 662. The Hall–Kier alpha value is -2.62. The van der Waals surface area contributed by atoms with E-state index in [-0.39, 0.29) is 5.91 Å². The van der Waals surface area contributed by atoms with Crippen molar-refractivity contribution in [3.05, 3.63) is 65.2 Å². The number of hydrazone groups is 1. The van der Waals surface area contributed by atoms with Crippen LogP contribution in [-0.2, 0) is 0 Å². The molecule has 0 saturated carbocycles. The highest BCUT2D eigenvalue weighted by molar-refractivity contribution is 6.01. The number of aryl methyl sites for hydroxylation is 1. The number of benzene rings is 2. The van der Waals surface area contributed by atoms with Crippen LogP contribution in [0, 0.1) is 6.92 Å². The number of carbonyl (C=O) groups is 1. The molecule has 0 fully saturated rings. The van der Waals surface area contributed by atoms with E-state index in [2.05, 4.69) is 10.5 Å². The highest BCUT2D eigenvalue weighted by atomic mass is 16.2. The Kier molecular flexibility index (Phi) is 4.15. The van der Waals surface area contributed by atoms with Crippen LogP contribution in [0.4, 0.5) is 5.69 Å². The number of nitrogen functional groups attached to an aromatic ring is 1. The van der Waals surface area contributed by atoms with Gasteiger partial charge in [0.2, 0.25) is 0 Å². The van der Waals surface area contributed by atoms with Gasteiger partial charge in [0.1, 0.15) is 0 Å². The second-order valence-corrected chi connectivity index (χ2v) is 4.63. The number of nitrogens with two attached hydrogens (primary N) is 1. The third-order valence-corrected chi connectivity index (χ3v) is 2.91. The molecular weight excluding hydrogens is 250 g/mol. The molecule has 0 unspecified atom stereocenters. The molecule has 0 aliphatic rings. The first-order valence-electron chi connectivity index (χ1n) is 6.33. The highest BCUT2D eigenvalue weighted by Gasteiger charge is 2.04. The Labute approximate surface area is 118 Å². The van der Waals surface area contributed by atoms with Gasteiger partial charge in [0.05, 0.1) is 5.71 Å². The van der Waals surface area contributed by atoms with Gasteiger partial charge in [-0.15, -0.1) is 0 Å². The van der Waals surface area contributed by atoms with Crippen LogP contribution >= 0.6 is 0 Å². The van der Waals surface area contributed by atoms with E-state index in [1.165, 1.54) is 0 Å². The smallest absolute Gasteiger partial charge is 0.271 e. The molecule has 0 aromatic heterocycles. The van der Waals surface area contributed by atoms with Crippen LogP contribution in [0.25, 0.3) is 0 Å². The highest BCUT2D eigenvalue weighted by Crippen LogP contribution is 2.08. The lowest BCUT2D eigenvalue weighted by atomic mass is 10.1. The van der Waals surface area contributed by atoms with Gasteiger partial charge in [-0.25, -0.2) is 5.43 Å². The minimum Gasteiger partial charge on any atom is -0.399 e. The maximum absolute atomic E-state index is 12.0. The quantitative estimate of drug-likeness (QED) is 0.510. The van der Waals surface area contributed by atoms with Crippen molar-refractivity contribution < 1.29 is 4.79 Å². The third-order valence-electron chi connectivity index (χ3n) is 2.91. The summed E-state index contributed by atoms with van der Waals surface area (Å²) in [5, 5.41) is 4.10. The van der Waals surface area contributed by atoms with Crippen LogP contribution in [0.2, 0.25) is 0 Å². The van der Waals surface area contributed by atoms with E-state index < -0.39 is 0 Å². The molecule has 2 rings (SSSR count). The molecule has 3 N–H and O–H groups in total. The van der Waals surface area contributed by atoms with Gasteiger partial charge in [-0.3, -0.25) is 4.79 Å². The lowest BCUT2D eigenvalue weighted by Gasteiger charge is -2.04. The van der Waals surface area contributed by atoms with E-state index in [4.69, 9.17) is 5.73 Å². The lowest BCUT2D eigenvalue weighted by Crippen LogP contribution is -2.19. The van der Waals surface area contributed by atoms with Crippen molar-refractivity contribution in [3.63, 3.8) is 0 Å². The zero-order valence-corrected chi connectivity index (χ0v) is 11.6. The van der Waals surface area contributed by atoms with Crippen molar-refractivity contribution in [2.24, 2.45) is 5.10 Å². The molecule has 1 amide bonds. The van der Waals surface area contributed by atoms with Gasteiger partial charge in [0.15, 0.2) is 0 Å². The van der Waals surface area contributed by atoms with Gasteiger partial charge < -0.3 is 5.73 Å². The van der Waals surface area contributed by atoms with Crippen molar-refractivity contribution in [2.75, 3.05) is 5.73 Å². The van der Waals surface area contributed by atoms with Crippen LogP contribution in [0.3, 0.4) is 0 Å². The predicted octanol–water partition coefficient (Wildman–Crippen LogP) is 2.73. The molecule has 20 heavy (non-hydrogen) atoms. The Balaban J connectivity index is 2.11. The minimum absolute atomic E-state index is 0.225. The van der Waals surface area contributed by atoms with E-state index in [9.17, 15) is 4.79 Å². The SMILES string of the molecule is C/C(=N/NC(=O)c1cccc(C)c1)c1cccc(N)c1. The van der Waals surface area contributed by atoms with Crippen molar-refractivity contribution in [1.29, 1.82) is 0 Å². The molecule has 0 aliphatic heterocycles. The van der Waals surface area contributed by atoms with Crippen LogP contribution < -0.4 is 11.2 Å². The lowest BCUT2D eigenvalue weighted by molar-refractivity contribution is 0.0954. The van der Waals surface area contributed by atoms with E-state index in [0.29, 0.717) is 17.0 Å². The van der Waals surface area contributed by atoms with Crippen molar-refractivity contribution in [3.8, 4) is 0 Å². The van der Waals surface area contributed by atoms with Crippen molar-refractivity contribution >= 4 is 17.3 Å². The summed E-state index contributed by atoms with van der Waals surface area (Å²) in [4.78, 5) is 12.0. The molecule has 2 aromatic carbocycles. The van der Waals surface area contributed by atoms with E-state index >= 15 is 0 Å². The summed E-state index contributed by atoms with van der Waals surface area (Å²) >= 11 is 0. The molecule has 0 radical (unpaired) electrons. The fourth-order valence-corrected chi connectivity index (χ4v) is 1.81. The first kappa shape index (κ1) is 13.8. The number of anilines is 1. The van der Waals surface area contributed by atoms with Crippen molar-refractivity contribution in [1.82, 2.24) is 5.43 Å². The van der Waals surface area contributed by atoms with Gasteiger partial charge in [0, 0.05) is 11.3 Å². The molecule has 4 nitrogen and oxygen atoms in total.